The Labute approximate surface area is 91.6 Å². The molecule has 0 fully saturated rings. The van der Waals surface area contributed by atoms with E-state index < -0.39 is 10.0 Å². The molecule has 0 spiro atoms. The summed E-state index contributed by atoms with van der Waals surface area (Å²) >= 11 is 15.1. The first-order valence-electron chi connectivity index (χ1n) is 2.50. The van der Waals surface area contributed by atoms with E-state index in [0.29, 0.717) is 0 Å². The average molecular weight is 311 g/mol. The third-order valence-electron chi connectivity index (χ3n) is 1.01. The van der Waals surface area contributed by atoms with Crippen molar-refractivity contribution in [1.29, 1.82) is 0 Å². The van der Waals surface area contributed by atoms with E-state index in [1.807, 2.05) is 0 Å². The summed E-state index contributed by atoms with van der Waals surface area (Å²) in [7, 11) is -3.80. The number of primary sulfonamides is 1. The summed E-state index contributed by atoms with van der Waals surface area (Å²) in [5.41, 5.74) is 0. The largest absolute Gasteiger partial charge is 0.241 e. The molecule has 0 bridgehead atoms. The average Bonchev–Trinajstić information content (AvgIpc) is 2.05. The predicted octanol–water partition coefficient (Wildman–Crippen LogP) is 2.46. The van der Waals surface area contributed by atoms with Gasteiger partial charge in [-0.3, -0.25) is 0 Å². The number of nitrogens with two attached hydrogens (primary N) is 1. The van der Waals surface area contributed by atoms with Gasteiger partial charge in [0.2, 0.25) is 10.0 Å². The molecule has 0 aromatic carbocycles. The van der Waals surface area contributed by atoms with Crippen LogP contribution in [-0.4, -0.2) is 8.42 Å². The number of hydrogen-bond acceptors (Lipinski definition) is 3. The minimum Gasteiger partial charge on any atom is -0.225 e. The minimum absolute atomic E-state index is 0.0642. The zero-order valence-corrected chi connectivity index (χ0v) is 10.1. The molecular formula is C4H2BrCl2NO2S2. The Morgan fingerprint density at radius 2 is 1.83 bits per heavy atom. The van der Waals surface area contributed by atoms with E-state index in [1.165, 1.54) is 0 Å². The fraction of sp³-hybridized carbons (Fsp3) is 0. The molecule has 68 valence electrons. The van der Waals surface area contributed by atoms with Crippen LogP contribution >= 0.6 is 50.5 Å². The maximum atomic E-state index is 10.9. The molecule has 0 saturated heterocycles. The SMILES string of the molecule is NS(=O)(=O)c1c(Cl)sc(Cl)c1Br. The highest BCUT2D eigenvalue weighted by atomic mass is 79.9. The van der Waals surface area contributed by atoms with Crippen molar-refractivity contribution < 1.29 is 8.42 Å². The zero-order chi connectivity index (χ0) is 9.52. The van der Waals surface area contributed by atoms with Crippen molar-refractivity contribution in [2.45, 2.75) is 4.90 Å². The van der Waals surface area contributed by atoms with E-state index in [-0.39, 0.29) is 18.0 Å². The Bertz CT molecular complexity index is 413. The standard InChI is InChI=1S/C4H2BrCl2NO2S2/c5-1-2(12(8,9)10)4(7)11-3(1)6/h(H2,8,9,10). The van der Waals surface area contributed by atoms with Gasteiger partial charge in [-0.2, -0.15) is 0 Å². The predicted molar refractivity (Wildman–Crippen MR) is 53.4 cm³/mol. The summed E-state index contributed by atoms with van der Waals surface area (Å²) in [4.78, 5) is -0.154. The first-order chi connectivity index (χ1) is 5.34. The van der Waals surface area contributed by atoms with E-state index in [4.69, 9.17) is 28.3 Å². The van der Waals surface area contributed by atoms with Gasteiger partial charge in [0.25, 0.3) is 0 Å². The number of rotatable bonds is 1. The summed E-state index contributed by atoms with van der Waals surface area (Å²) in [6, 6.07) is 0. The molecule has 12 heavy (non-hydrogen) atoms. The van der Waals surface area contributed by atoms with Crippen LogP contribution in [0.5, 0.6) is 0 Å². The highest BCUT2D eigenvalue weighted by molar-refractivity contribution is 9.10. The van der Waals surface area contributed by atoms with Crippen LogP contribution in [0.15, 0.2) is 9.37 Å². The Balaban J connectivity index is 3.54. The second kappa shape index (κ2) is 3.43. The lowest BCUT2D eigenvalue weighted by Gasteiger charge is -1.94. The highest BCUT2D eigenvalue weighted by Gasteiger charge is 2.22. The van der Waals surface area contributed by atoms with Gasteiger partial charge in [-0.1, -0.05) is 23.2 Å². The van der Waals surface area contributed by atoms with Gasteiger partial charge in [-0.05, 0) is 15.9 Å². The Morgan fingerprint density at radius 3 is 2.00 bits per heavy atom. The number of halogens is 3. The van der Waals surface area contributed by atoms with Gasteiger partial charge in [-0.15, -0.1) is 11.3 Å². The van der Waals surface area contributed by atoms with Crippen molar-refractivity contribution >= 4 is 60.5 Å². The van der Waals surface area contributed by atoms with Crippen molar-refractivity contribution in [3.8, 4) is 0 Å². The third-order valence-corrected chi connectivity index (χ3v) is 5.39. The zero-order valence-electron chi connectivity index (χ0n) is 5.34. The number of thiophene rings is 1. The molecule has 0 atom stereocenters. The molecule has 0 amide bonds. The quantitative estimate of drug-likeness (QED) is 0.866. The van der Waals surface area contributed by atoms with Gasteiger partial charge in [0, 0.05) is 0 Å². The van der Waals surface area contributed by atoms with E-state index >= 15 is 0 Å². The van der Waals surface area contributed by atoms with Gasteiger partial charge in [0.05, 0.1) is 4.47 Å². The van der Waals surface area contributed by atoms with Crippen LogP contribution in [0.3, 0.4) is 0 Å². The van der Waals surface area contributed by atoms with Crippen molar-refractivity contribution in [2.75, 3.05) is 0 Å². The third kappa shape index (κ3) is 1.94. The van der Waals surface area contributed by atoms with E-state index in [0.717, 1.165) is 11.3 Å². The minimum atomic E-state index is -3.80. The first kappa shape index (κ1) is 10.7. The van der Waals surface area contributed by atoms with E-state index in [1.54, 1.807) is 0 Å². The Hall–Kier alpha value is 0.670. The van der Waals surface area contributed by atoms with Gasteiger partial charge in [0.15, 0.2) is 0 Å². The van der Waals surface area contributed by atoms with Crippen molar-refractivity contribution in [3.05, 3.63) is 13.1 Å². The number of sulfonamides is 1. The summed E-state index contributed by atoms with van der Waals surface area (Å²) in [5, 5.41) is 4.88. The van der Waals surface area contributed by atoms with Crippen molar-refractivity contribution in [1.82, 2.24) is 0 Å². The Kier molecular flexibility index (Phi) is 3.08. The molecule has 1 aromatic heterocycles. The van der Waals surface area contributed by atoms with Crippen molar-refractivity contribution in [3.63, 3.8) is 0 Å². The summed E-state index contributed by atoms with van der Waals surface area (Å²) < 4.78 is 22.4. The molecule has 0 aliphatic heterocycles. The van der Waals surface area contributed by atoms with Gasteiger partial charge >= 0.3 is 0 Å². The lowest BCUT2D eigenvalue weighted by molar-refractivity contribution is 0.598. The maximum Gasteiger partial charge on any atom is 0.241 e. The lowest BCUT2D eigenvalue weighted by atomic mass is 10.7. The van der Waals surface area contributed by atoms with Crippen LogP contribution in [0.1, 0.15) is 0 Å². The second-order valence-electron chi connectivity index (χ2n) is 1.84. The highest BCUT2D eigenvalue weighted by Crippen LogP contribution is 2.42. The van der Waals surface area contributed by atoms with Gasteiger partial charge in [-0.25, -0.2) is 13.6 Å². The molecule has 0 aliphatic carbocycles. The molecule has 1 aromatic rings. The van der Waals surface area contributed by atoms with Crippen LogP contribution in [0, 0.1) is 0 Å². The number of hydrogen-bond donors (Lipinski definition) is 1. The van der Waals surface area contributed by atoms with Crippen LogP contribution in [0.2, 0.25) is 8.67 Å². The van der Waals surface area contributed by atoms with Gasteiger partial charge < -0.3 is 0 Å². The molecule has 0 aliphatic rings. The molecule has 1 heterocycles. The maximum absolute atomic E-state index is 10.9. The first-order valence-corrected chi connectivity index (χ1v) is 6.41. The topological polar surface area (TPSA) is 60.2 Å². The summed E-state index contributed by atoms with van der Waals surface area (Å²) in [6.45, 7) is 0. The summed E-state index contributed by atoms with van der Waals surface area (Å²) in [5.74, 6) is 0. The second-order valence-corrected chi connectivity index (χ2v) is 6.35. The molecular weight excluding hydrogens is 309 g/mol. The van der Waals surface area contributed by atoms with E-state index in [2.05, 4.69) is 15.9 Å². The molecule has 1 rings (SSSR count). The van der Waals surface area contributed by atoms with Crippen LogP contribution in [-0.2, 0) is 10.0 Å². The van der Waals surface area contributed by atoms with Crippen molar-refractivity contribution in [2.24, 2.45) is 5.14 Å². The Morgan fingerprint density at radius 1 is 1.33 bits per heavy atom. The van der Waals surface area contributed by atoms with Crippen LogP contribution in [0.4, 0.5) is 0 Å². The molecule has 0 saturated carbocycles. The molecule has 3 nitrogen and oxygen atoms in total. The smallest absolute Gasteiger partial charge is 0.225 e. The fourth-order valence-electron chi connectivity index (χ4n) is 0.582. The lowest BCUT2D eigenvalue weighted by Crippen LogP contribution is -2.12. The fourth-order valence-corrected chi connectivity index (χ4v) is 4.75. The molecule has 8 heteroatoms. The molecule has 0 radical (unpaired) electrons. The monoisotopic (exact) mass is 309 g/mol. The summed E-state index contributed by atoms with van der Waals surface area (Å²) in [6.07, 6.45) is 0. The van der Waals surface area contributed by atoms with Crippen LogP contribution < -0.4 is 5.14 Å². The normalized spacial score (nSPS) is 12.0. The molecule has 0 unspecified atom stereocenters. The van der Waals surface area contributed by atoms with Gasteiger partial charge in [0.1, 0.15) is 13.6 Å². The molecule has 2 N–H and O–H groups in total. The van der Waals surface area contributed by atoms with Crippen LogP contribution in [0.25, 0.3) is 0 Å². The van der Waals surface area contributed by atoms with E-state index in [9.17, 15) is 8.42 Å².